The van der Waals surface area contributed by atoms with Gasteiger partial charge in [-0.2, -0.15) is 0 Å². The summed E-state index contributed by atoms with van der Waals surface area (Å²) >= 11 is 6.19. The van der Waals surface area contributed by atoms with Crippen LogP contribution in [-0.4, -0.2) is 48.4 Å². The highest BCUT2D eigenvalue weighted by molar-refractivity contribution is 6.48. The fraction of sp³-hybridized carbons (Fsp3) is 0.292. The van der Waals surface area contributed by atoms with Crippen molar-refractivity contribution >= 4 is 35.0 Å². The third-order valence-corrected chi connectivity index (χ3v) is 5.84. The Kier molecular flexibility index (Phi) is 6.87. The maximum Gasteiger partial charge on any atom is 0.278 e. The zero-order chi connectivity index (χ0) is 22.5. The van der Waals surface area contributed by atoms with Crippen LogP contribution in [0.4, 0.5) is 5.69 Å². The van der Waals surface area contributed by atoms with Gasteiger partial charge in [-0.1, -0.05) is 48.0 Å². The molecule has 0 spiro atoms. The number of hydrogen-bond acceptors (Lipinski definition) is 5. The Balaban J connectivity index is 1.39. The Morgan fingerprint density at radius 3 is 2.66 bits per heavy atom. The van der Waals surface area contributed by atoms with Gasteiger partial charge in [0.2, 0.25) is 0 Å². The lowest BCUT2D eigenvalue weighted by molar-refractivity contribution is -0.137. The Hall–Kier alpha value is -3.16. The number of rotatable bonds is 8. The van der Waals surface area contributed by atoms with E-state index >= 15 is 0 Å². The minimum atomic E-state index is -0.527. The van der Waals surface area contributed by atoms with E-state index in [1.165, 1.54) is 0 Å². The highest BCUT2D eigenvalue weighted by Crippen LogP contribution is 2.26. The molecule has 0 saturated carbocycles. The Labute approximate surface area is 191 Å². The van der Waals surface area contributed by atoms with E-state index in [0.29, 0.717) is 24.2 Å². The molecule has 4 rings (SSSR count). The van der Waals surface area contributed by atoms with Gasteiger partial charge in [0.1, 0.15) is 10.7 Å². The average molecular weight is 454 g/mol. The van der Waals surface area contributed by atoms with E-state index < -0.39 is 11.8 Å². The molecule has 1 atom stereocenters. The van der Waals surface area contributed by atoms with Gasteiger partial charge >= 0.3 is 0 Å². The summed E-state index contributed by atoms with van der Waals surface area (Å²) in [6, 6.07) is 16.3. The minimum Gasteiger partial charge on any atom is -0.376 e. The average Bonchev–Trinajstić information content (AvgIpc) is 3.41. The summed E-state index contributed by atoms with van der Waals surface area (Å²) in [4.78, 5) is 39.0. The van der Waals surface area contributed by atoms with Gasteiger partial charge in [0.05, 0.1) is 6.10 Å². The Bertz CT molecular complexity index is 1050. The van der Waals surface area contributed by atoms with Gasteiger partial charge < -0.3 is 15.4 Å². The number of amides is 3. The number of benzene rings is 2. The van der Waals surface area contributed by atoms with E-state index in [4.69, 9.17) is 16.3 Å². The number of anilines is 1. The van der Waals surface area contributed by atoms with Crippen molar-refractivity contribution in [2.45, 2.75) is 25.4 Å². The molecule has 0 aliphatic carbocycles. The SMILES string of the molecule is O=C(NC[C@@H]1CCCO1)c1cccc(NC2=C(Cl)C(=O)N(CCc3ccccc3)C2=O)c1. The molecule has 166 valence electrons. The molecule has 8 heteroatoms. The second-order valence-corrected chi connectivity index (χ2v) is 8.12. The van der Waals surface area contributed by atoms with Gasteiger partial charge in [-0.25, -0.2) is 0 Å². The summed E-state index contributed by atoms with van der Waals surface area (Å²) < 4.78 is 5.52. The number of halogens is 1. The lowest BCUT2D eigenvalue weighted by Gasteiger charge is -2.15. The number of nitrogens with zero attached hydrogens (tertiary/aromatic N) is 1. The zero-order valence-corrected chi connectivity index (χ0v) is 18.2. The van der Waals surface area contributed by atoms with Gasteiger partial charge in [-0.15, -0.1) is 0 Å². The zero-order valence-electron chi connectivity index (χ0n) is 17.5. The molecule has 2 aromatic rings. The van der Waals surface area contributed by atoms with Crippen molar-refractivity contribution in [2.24, 2.45) is 0 Å². The smallest absolute Gasteiger partial charge is 0.278 e. The molecule has 0 radical (unpaired) electrons. The van der Waals surface area contributed by atoms with Crippen molar-refractivity contribution in [2.75, 3.05) is 25.0 Å². The maximum absolute atomic E-state index is 12.8. The standard InChI is InChI=1S/C24H24ClN3O4/c25-20-21(24(31)28(23(20)30)12-11-16-6-2-1-3-7-16)27-18-9-4-8-17(14-18)22(29)26-15-19-10-5-13-32-19/h1-4,6-9,14,19,27H,5,10-13,15H2,(H,26,29)/t19-/m0/s1. The quantitative estimate of drug-likeness (QED) is 0.600. The third-order valence-electron chi connectivity index (χ3n) is 5.49. The normalized spacial score (nSPS) is 18.4. The summed E-state index contributed by atoms with van der Waals surface area (Å²) in [7, 11) is 0. The molecular formula is C24H24ClN3O4. The summed E-state index contributed by atoms with van der Waals surface area (Å²) in [5, 5.41) is 5.63. The fourth-order valence-corrected chi connectivity index (χ4v) is 3.97. The molecule has 32 heavy (non-hydrogen) atoms. The summed E-state index contributed by atoms with van der Waals surface area (Å²) in [6.07, 6.45) is 2.53. The molecule has 3 amide bonds. The first-order valence-electron chi connectivity index (χ1n) is 10.6. The van der Waals surface area contributed by atoms with Crippen LogP contribution in [0, 0.1) is 0 Å². The first kappa shape index (κ1) is 22.0. The van der Waals surface area contributed by atoms with Crippen molar-refractivity contribution in [3.8, 4) is 0 Å². The molecule has 2 N–H and O–H groups in total. The first-order valence-corrected chi connectivity index (χ1v) is 11.0. The molecule has 2 aromatic carbocycles. The molecule has 1 fully saturated rings. The van der Waals surface area contributed by atoms with Gasteiger partial charge in [0.25, 0.3) is 17.7 Å². The lowest BCUT2D eigenvalue weighted by atomic mass is 10.1. The van der Waals surface area contributed by atoms with Crippen LogP contribution in [0.25, 0.3) is 0 Å². The van der Waals surface area contributed by atoms with Crippen LogP contribution < -0.4 is 10.6 Å². The molecule has 0 aromatic heterocycles. The fourth-order valence-electron chi connectivity index (χ4n) is 3.74. The molecular weight excluding hydrogens is 430 g/mol. The van der Waals surface area contributed by atoms with Crippen molar-refractivity contribution in [1.29, 1.82) is 0 Å². The van der Waals surface area contributed by atoms with E-state index in [9.17, 15) is 14.4 Å². The van der Waals surface area contributed by atoms with E-state index in [2.05, 4.69) is 10.6 Å². The largest absolute Gasteiger partial charge is 0.376 e. The summed E-state index contributed by atoms with van der Waals surface area (Å²) in [5.74, 6) is -1.24. The van der Waals surface area contributed by atoms with E-state index in [1.807, 2.05) is 30.3 Å². The van der Waals surface area contributed by atoms with Gasteiger partial charge in [0.15, 0.2) is 0 Å². The van der Waals surface area contributed by atoms with Crippen LogP contribution in [0.15, 0.2) is 65.3 Å². The summed E-state index contributed by atoms with van der Waals surface area (Å²) in [6.45, 7) is 1.41. The molecule has 1 saturated heterocycles. The molecule has 2 aliphatic rings. The Morgan fingerprint density at radius 2 is 1.91 bits per heavy atom. The van der Waals surface area contributed by atoms with E-state index in [1.54, 1.807) is 24.3 Å². The third kappa shape index (κ3) is 5.00. The predicted molar refractivity (Wildman–Crippen MR) is 121 cm³/mol. The van der Waals surface area contributed by atoms with Crippen molar-refractivity contribution < 1.29 is 19.1 Å². The number of nitrogens with one attached hydrogen (secondary N) is 2. The van der Waals surface area contributed by atoms with Crippen LogP contribution in [0.2, 0.25) is 0 Å². The number of carbonyl (C=O) groups is 3. The number of carbonyl (C=O) groups excluding carboxylic acids is 3. The van der Waals surface area contributed by atoms with Crippen molar-refractivity contribution in [1.82, 2.24) is 10.2 Å². The predicted octanol–water partition coefficient (Wildman–Crippen LogP) is 3.07. The second-order valence-electron chi connectivity index (χ2n) is 7.74. The Morgan fingerprint density at radius 1 is 1.09 bits per heavy atom. The number of ether oxygens (including phenoxy) is 1. The van der Waals surface area contributed by atoms with E-state index in [-0.39, 0.29) is 29.3 Å². The van der Waals surface area contributed by atoms with Crippen molar-refractivity contribution in [3.05, 3.63) is 76.5 Å². The van der Waals surface area contributed by atoms with Gasteiger partial charge in [-0.05, 0) is 43.0 Å². The highest BCUT2D eigenvalue weighted by Gasteiger charge is 2.37. The maximum atomic E-state index is 12.8. The monoisotopic (exact) mass is 453 g/mol. The van der Waals surface area contributed by atoms with Crippen molar-refractivity contribution in [3.63, 3.8) is 0 Å². The van der Waals surface area contributed by atoms with E-state index in [0.717, 1.165) is 29.9 Å². The summed E-state index contributed by atoms with van der Waals surface area (Å²) in [5.41, 5.74) is 1.96. The molecule has 0 unspecified atom stereocenters. The second kappa shape index (κ2) is 9.97. The van der Waals surface area contributed by atoms with Crippen LogP contribution in [-0.2, 0) is 20.7 Å². The van der Waals surface area contributed by atoms with Crippen LogP contribution in [0.3, 0.4) is 0 Å². The van der Waals surface area contributed by atoms with Gasteiger partial charge in [-0.3, -0.25) is 19.3 Å². The molecule has 0 bridgehead atoms. The first-order chi connectivity index (χ1) is 15.5. The van der Waals surface area contributed by atoms with Crippen LogP contribution in [0.1, 0.15) is 28.8 Å². The van der Waals surface area contributed by atoms with Crippen LogP contribution >= 0.6 is 11.6 Å². The van der Waals surface area contributed by atoms with Gasteiger partial charge in [0, 0.05) is 30.9 Å². The highest BCUT2D eigenvalue weighted by atomic mass is 35.5. The number of imide groups is 1. The van der Waals surface area contributed by atoms with Crippen LogP contribution in [0.5, 0.6) is 0 Å². The molecule has 7 nitrogen and oxygen atoms in total. The lowest BCUT2D eigenvalue weighted by Crippen LogP contribution is -2.34. The minimum absolute atomic E-state index is 0.0154. The topological polar surface area (TPSA) is 87.7 Å². The number of hydrogen-bond donors (Lipinski definition) is 2. The molecule has 2 heterocycles. The molecule has 2 aliphatic heterocycles.